The highest BCUT2D eigenvalue weighted by molar-refractivity contribution is 5.86. The van der Waals surface area contributed by atoms with Gasteiger partial charge in [-0.25, -0.2) is 4.39 Å². The van der Waals surface area contributed by atoms with Gasteiger partial charge >= 0.3 is 0 Å². The Morgan fingerprint density at radius 1 is 1.09 bits per heavy atom. The van der Waals surface area contributed by atoms with Crippen LogP contribution in [0.25, 0.3) is 0 Å². The van der Waals surface area contributed by atoms with E-state index in [1.807, 2.05) is 26.0 Å². The van der Waals surface area contributed by atoms with Crippen LogP contribution in [0, 0.1) is 19.7 Å². The van der Waals surface area contributed by atoms with Crippen molar-refractivity contribution in [3.05, 3.63) is 65.0 Å². The second kappa shape index (κ2) is 6.41. The average molecular weight is 312 g/mol. The lowest BCUT2D eigenvalue weighted by Crippen LogP contribution is -2.34. The number of carbonyl (C=O) groups is 1. The van der Waals surface area contributed by atoms with Crippen molar-refractivity contribution in [2.24, 2.45) is 0 Å². The molecule has 1 fully saturated rings. The van der Waals surface area contributed by atoms with Crippen LogP contribution in [-0.2, 0) is 4.79 Å². The van der Waals surface area contributed by atoms with E-state index in [0.29, 0.717) is 0 Å². The molecular weight excluding hydrogens is 291 g/mol. The first-order valence-corrected chi connectivity index (χ1v) is 7.92. The van der Waals surface area contributed by atoms with Gasteiger partial charge in [-0.15, -0.1) is 0 Å². The molecule has 4 heteroatoms. The molecule has 23 heavy (non-hydrogen) atoms. The summed E-state index contributed by atoms with van der Waals surface area (Å²) in [6.07, 6.45) is 2.07. The van der Waals surface area contributed by atoms with Crippen LogP contribution < -0.4 is 10.6 Å². The minimum Gasteiger partial charge on any atom is -0.370 e. The lowest BCUT2D eigenvalue weighted by Gasteiger charge is -2.20. The van der Waals surface area contributed by atoms with E-state index in [4.69, 9.17) is 0 Å². The van der Waals surface area contributed by atoms with Crippen molar-refractivity contribution >= 4 is 11.6 Å². The predicted octanol–water partition coefficient (Wildman–Crippen LogP) is 3.87. The summed E-state index contributed by atoms with van der Waals surface area (Å²) < 4.78 is 13.2. The lowest BCUT2D eigenvalue weighted by molar-refractivity contribution is -0.122. The van der Waals surface area contributed by atoms with Gasteiger partial charge in [-0.3, -0.25) is 4.79 Å². The van der Waals surface area contributed by atoms with Crippen molar-refractivity contribution in [3.63, 3.8) is 0 Å². The maximum absolute atomic E-state index is 13.2. The van der Waals surface area contributed by atoms with Crippen LogP contribution >= 0.6 is 0 Å². The van der Waals surface area contributed by atoms with Gasteiger partial charge in [0.1, 0.15) is 11.9 Å². The number of rotatable bonds is 5. The summed E-state index contributed by atoms with van der Waals surface area (Å²) in [4.78, 5) is 12.6. The molecule has 1 atom stereocenters. The van der Waals surface area contributed by atoms with Crippen LogP contribution in [0.1, 0.15) is 35.6 Å². The highest BCUT2D eigenvalue weighted by Gasteiger charge is 2.28. The van der Waals surface area contributed by atoms with Gasteiger partial charge in [-0.1, -0.05) is 18.2 Å². The third kappa shape index (κ3) is 4.09. The molecule has 2 aromatic carbocycles. The van der Waals surface area contributed by atoms with Crippen LogP contribution in [-0.4, -0.2) is 11.9 Å². The molecule has 1 saturated carbocycles. The van der Waals surface area contributed by atoms with Crippen LogP contribution in [0.15, 0.2) is 42.5 Å². The third-order valence-electron chi connectivity index (χ3n) is 3.92. The van der Waals surface area contributed by atoms with E-state index >= 15 is 0 Å². The minimum atomic E-state index is -0.530. The Morgan fingerprint density at radius 2 is 1.70 bits per heavy atom. The number of aryl methyl sites for hydroxylation is 2. The summed E-state index contributed by atoms with van der Waals surface area (Å²) in [6, 6.07) is 11.9. The van der Waals surface area contributed by atoms with Gasteiger partial charge in [0.2, 0.25) is 5.91 Å². The van der Waals surface area contributed by atoms with Crippen molar-refractivity contribution in [1.82, 2.24) is 5.32 Å². The van der Waals surface area contributed by atoms with Crippen LogP contribution in [0.5, 0.6) is 0 Å². The fourth-order valence-electron chi connectivity index (χ4n) is 2.69. The number of benzene rings is 2. The molecule has 1 aliphatic rings. The van der Waals surface area contributed by atoms with Gasteiger partial charge in [0, 0.05) is 11.7 Å². The van der Waals surface area contributed by atoms with Gasteiger partial charge in [0.05, 0.1) is 0 Å². The molecule has 0 aliphatic heterocycles. The molecule has 1 aliphatic carbocycles. The summed E-state index contributed by atoms with van der Waals surface area (Å²) in [5.74, 6) is -0.375. The Kier molecular flexibility index (Phi) is 4.33. The largest absolute Gasteiger partial charge is 0.370 e. The monoisotopic (exact) mass is 312 g/mol. The van der Waals surface area contributed by atoms with E-state index in [2.05, 4.69) is 16.7 Å². The molecule has 3 nitrogen and oxygen atoms in total. The molecule has 3 rings (SSSR count). The Bertz CT molecular complexity index is 688. The highest BCUT2D eigenvalue weighted by atomic mass is 19.1. The summed E-state index contributed by atoms with van der Waals surface area (Å²) in [5, 5.41) is 6.32. The van der Waals surface area contributed by atoms with Gasteiger partial charge in [-0.05, 0) is 67.6 Å². The molecule has 0 heterocycles. The number of carbonyl (C=O) groups excluding carboxylic acids is 1. The zero-order valence-corrected chi connectivity index (χ0v) is 13.4. The second-order valence-electron chi connectivity index (χ2n) is 6.29. The molecule has 0 spiro atoms. The molecule has 0 aromatic heterocycles. The normalized spacial score (nSPS) is 15.1. The van der Waals surface area contributed by atoms with Crippen LogP contribution in [0.2, 0.25) is 0 Å². The van der Waals surface area contributed by atoms with Gasteiger partial charge in [0.15, 0.2) is 0 Å². The standard InChI is InChI=1S/C19H21FN2O/c1-12-9-13(2)11-17(10-12)21-18(19(23)22-16-7-8-16)14-3-5-15(20)6-4-14/h3-6,9-11,16,18,21H,7-8H2,1-2H3,(H,22,23). The van der Waals surface area contributed by atoms with Crippen molar-refractivity contribution < 1.29 is 9.18 Å². The number of anilines is 1. The molecule has 0 bridgehead atoms. The summed E-state index contributed by atoms with van der Waals surface area (Å²) in [5.41, 5.74) is 3.91. The maximum atomic E-state index is 13.2. The Balaban J connectivity index is 1.87. The van der Waals surface area contributed by atoms with Crippen LogP contribution in [0.4, 0.5) is 10.1 Å². The van der Waals surface area contributed by atoms with Crippen LogP contribution in [0.3, 0.4) is 0 Å². The zero-order valence-electron chi connectivity index (χ0n) is 13.4. The average Bonchev–Trinajstić information content (AvgIpc) is 3.29. The molecule has 2 aromatic rings. The summed E-state index contributed by atoms with van der Waals surface area (Å²) >= 11 is 0. The smallest absolute Gasteiger partial charge is 0.247 e. The Labute approximate surface area is 135 Å². The Hall–Kier alpha value is -2.36. The molecule has 0 saturated heterocycles. The highest BCUT2D eigenvalue weighted by Crippen LogP contribution is 2.25. The molecule has 1 amide bonds. The van der Waals surface area contributed by atoms with E-state index in [9.17, 15) is 9.18 Å². The molecule has 120 valence electrons. The van der Waals surface area contributed by atoms with Gasteiger partial charge in [0.25, 0.3) is 0 Å². The number of halogens is 1. The van der Waals surface area contributed by atoms with E-state index in [1.165, 1.54) is 12.1 Å². The quantitative estimate of drug-likeness (QED) is 0.880. The summed E-state index contributed by atoms with van der Waals surface area (Å²) in [6.45, 7) is 4.05. The van der Waals surface area contributed by atoms with E-state index < -0.39 is 6.04 Å². The predicted molar refractivity (Wildman–Crippen MR) is 89.8 cm³/mol. The van der Waals surface area contributed by atoms with Crippen molar-refractivity contribution in [2.75, 3.05) is 5.32 Å². The maximum Gasteiger partial charge on any atom is 0.247 e. The minimum absolute atomic E-state index is 0.0710. The number of hydrogen-bond acceptors (Lipinski definition) is 2. The summed E-state index contributed by atoms with van der Waals surface area (Å²) in [7, 11) is 0. The lowest BCUT2D eigenvalue weighted by atomic mass is 10.0. The van der Waals surface area contributed by atoms with Gasteiger partial charge < -0.3 is 10.6 Å². The Morgan fingerprint density at radius 3 is 2.26 bits per heavy atom. The topological polar surface area (TPSA) is 41.1 Å². The first-order chi connectivity index (χ1) is 11.0. The first-order valence-electron chi connectivity index (χ1n) is 7.92. The van der Waals surface area contributed by atoms with E-state index in [0.717, 1.165) is 35.2 Å². The fraction of sp³-hybridized carbons (Fsp3) is 0.316. The first kappa shape index (κ1) is 15.5. The molecular formula is C19H21FN2O. The molecule has 0 radical (unpaired) electrons. The van der Waals surface area contributed by atoms with E-state index in [-0.39, 0.29) is 17.8 Å². The molecule has 2 N–H and O–H groups in total. The van der Waals surface area contributed by atoms with Gasteiger partial charge in [-0.2, -0.15) is 0 Å². The number of amides is 1. The second-order valence-corrected chi connectivity index (χ2v) is 6.29. The van der Waals surface area contributed by atoms with Crippen molar-refractivity contribution in [1.29, 1.82) is 0 Å². The number of hydrogen-bond donors (Lipinski definition) is 2. The number of nitrogens with one attached hydrogen (secondary N) is 2. The molecule has 1 unspecified atom stereocenters. The SMILES string of the molecule is Cc1cc(C)cc(NC(C(=O)NC2CC2)c2ccc(F)cc2)c1. The van der Waals surface area contributed by atoms with E-state index in [1.54, 1.807) is 12.1 Å². The third-order valence-corrected chi connectivity index (χ3v) is 3.92. The van der Waals surface area contributed by atoms with Crippen molar-refractivity contribution in [3.8, 4) is 0 Å². The fourth-order valence-corrected chi connectivity index (χ4v) is 2.69. The zero-order chi connectivity index (χ0) is 16.4. The van der Waals surface area contributed by atoms with Crippen molar-refractivity contribution in [2.45, 2.75) is 38.8 Å².